The summed E-state index contributed by atoms with van der Waals surface area (Å²) in [5.74, 6) is 0. The van der Waals surface area contributed by atoms with Gasteiger partial charge in [0.2, 0.25) is 0 Å². The Bertz CT molecular complexity index is 422. The molecule has 1 atom stereocenters. The van der Waals surface area contributed by atoms with Crippen molar-refractivity contribution in [3.63, 3.8) is 0 Å². The lowest BCUT2D eigenvalue weighted by Gasteiger charge is -2.19. The van der Waals surface area contributed by atoms with Crippen molar-refractivity contribution in [2.45, 2.75) is 26.3 Å². The molecule has 0 bridgehead atoms. The van der Waals surface area contributed by atoms with Crippen LogP contribution in [0.4, 0.5) is 8.78 Å². The fourth-order valence-corrected chi connectivity index (χ4v) is 1.98. The average Bonchev–Trinajstić information content (AvgIpc) is 2.48. The van der Waals surface area contributed by atoms with Gasteiger partial charge < -0.3 is 4.90 Å². The molecule has 0 fully saturated rings. The van der Waals surface area contributed by atoms with Gasteiger partial charge in [0.05, 0.1) is 6.07 Å². The van der Waals surface area contributed by atoms with Gasteiger partial charge in [-0.25, -0.2) is 8.78 Å². The largest absolute Gasteiger partial charge is 0.303 e. The van der Waals surface area contributed by atoms with E-state index >= 15 is 0 Å². The highest BCUT2D eigenvalue weighted by atomic mass is 19.3. The van der Waals surface area contributed by atoms with Gasteiger partial charge in [-0.05, 0) is 18.7 Å². The number of halogens is 2. The number of benzene rings is 1. The smallest absolute Gasteiger partial charge is 0.263 e. The molecule has 1 N–H and O–H groups in total. The Hall–Kier alpha value is -1.51. The Kier molecular flexibility index (Phi) is 7.13. The van der Waals surface area contributed by atoms with E-state index in [1.54, 1.807) is 12.1 Å². The molecule has 0 aliphatic carbocycles. The van der Waals surface area contributed by atoms with Crippen LogP contribution < -0.4 is 5.32 Å². The molecular weight excluding hydrogens is 260 g/mol. The summed E-state index contributed by atoms with van der Waals surface area (Å²) in [6.07, 6.45) is -2.47. The van der Waals surface area contributed by atoms with Crippen LogP contribution in [0.2, 0.25) is 0 Å². The Morgan fingerprint density at radius 2 is 1.70 bits per heavy atom. The van der Waals surface area contributed by atoms with Gasteiger partial charge in [0.25, 0.3) is 6.43 Å². The van der Waals surface area contributed by atoms with Gasteiger partial charge in [-0.1, -0.05) is 38.1 Å². The molecule has 0 heterocycles. The first kappa shape index (κ1) is 16.5. The summed E-state index contributed by atoms with van der Waals surface area (Å²) in [6, 6.07) is 7.61. The predicted molar refractivity (Wildman–Crippen MR) is 75.5 cm³/mol. The summed E-state index contributed by atoms with van der Waals surface area (Å²) in [5, 5.41) is 12.3. The van der Waals surface area contributed by atoms with Crippen molar-refractivity contribution < 1.29 is 8.78 Å². The highest BCUT2D eigenvalue weighted by Crippen LogP contribution is 2.21. The van der Waals surface area contributed by atoms with E-state index in [9.17, 15) is 8.78 Å². The second kappa shape index (κ2) is 8.62. The third-order valence-electron chi connectivity index (χ3n) is 3.32. The molecular formula is C15H21F2N3. The lowest BCUT2D eigenvalue weighted by molar-refractivity contribution is 0.151. The number of hydrogen-bond donors (Lipinski definition) is 1. The van der Waals surface area contributed by atoms with Gasteiger partial charge in [-0.3, -0.25) is 5.32 Å². The van der Waals surface area contributed by atoms with E-state index < -0.39 is 12.5 Å². The summed E-state index contributed by atoms with van der Waals surface area (Å²) in [7, 11) is 0. The fraction of sp³-hybridized carbons (Fsp3) is 0.533. The van der Waals surface area contributed by atoms with Crippen LogP contribution >= 0.6 is 0 Å². The molecule has 0 saturated heterocycles. The number of likely N-dealkylation sites (N-methyl/N-ethyl adjacent to an activating group) is 1. The summed E-state index contributed by atoms with van der Waals surface area (Å²) >= 11 is 0. The maximum Gasteiger partial charge on any atom is 0.263 e. The lowest BCUT2D eigenvalue weighted by Crippen LogP contribution is -2.33. The van der Waals surface area contributed by atoms with Crippen molar-refractivity contribution in [2.75, 3.05) is 26.2 Å². The van der Waals surface area contributed by atoms with Gasteiger partial charge in [0, 0.05) is 18.7 Å². The second-order valence-electron chi connectivity index (χ2n) is 4.51. The Morgan fingerprint density at radius 3 is 2.15 bits per heavy atom. The van der Waals surface area contributed by atoms with Gasteiger partial charge in [0.15, 0.2) is 0 Å². The van der Waals surface area contributed by atoms with Crippen molar-refractivity contribution in [1.29, 1.82) is 5.26 Å². The number of alkyl halides is 2. The average molecular weight is 281 g/mol. The Balaban J connectivity index is 2.56. The zero-order valence-electron chi connectivity index (χ0n) is 11.9. The van der Waals surface area contributed by atoms with Crippen LogP contribution in [-0.4, -0.2) is 31.1 Å². The number of rotatable bonds is 8. The number of nitrogens with one attached hydrogen (secondary N) is 1. The van der Waals surface area contributed by atoms with Crippen LogP contribution in [0.1, 0.15) is 37.4 Å². The first-order chi connectivity index (χ1) is 9.62. The van der Waals surface area contributed by atoms with Crippen LogP contribution in [-0.2, 0) is 0 Å². The van der Waals surface area contributed by atoms with E-state index in [4.69, 9.17) is 5.26 Å². The van der Waals surface area contributed by atoms with E-state index in [0.717, 1.165) is 25.2 Å². The molecule has 1 rings (SSSR count). The molecule has 0 amide bonds. The van der Waals surface area contributed by atoms with E-state index in [1.165, 1.54) is 12.1 Å². The van der Waals surface area contributed by atoms with E-state index in [2.05, 4.69) is 30.1 Å². The first-order valence-corrected chi connectivity index (χ1v) is 6.85. The van der Waals surface area contributed by atoms with Gasteiger partial charge >= 0.3 is 0 Å². The minimum atomic E-state index is -2.47. The van der Waals surface area contributed by atoms with Crippen molar-refractivity contribution in [1.82, 2.24) is 10.2 Å². The van der Waals surface area contributed by atoms with E-state index in [0.29, 0.717) is 6.54 Å². The van der Waals surface area contributed by atoms with Crippen LogP contribution in [0, 0.1) is 11.3 Å². The molecule has 1 unspecified atom stereocenters. The third kappa shape index (κ3) is 4.87. The molecule has 0 saturated carbocycles. The Labute approximate surface area is 119 Å². The molecule has 1 aromatic rings. The zero-order valence-corrected chi connectivity index (χ0v) is 11.9. The van der Waals surface area contributed by atoms with E-state index in [1.807, 2.05) is 0 Å². The molecule has 110 valence electrons. The summed E-state index contributed by atoms with van der Waals surface area (Å²) in [4.78, 5) is 2.25. The topological polar surface area (TPSA) is 39.1 Å². The number of nitriles is 1. The van der Waals surface area contributed by atoms with Crippen molar-refractivity contribution in [2.24, 2.45) is 0 Å². The maximum absolute atomic E-state index is 12.5. The highest BCUT2D eigenvalue weighted by molar-refractivity contribution is 5.28. The molecule has 0 aliphatic rings. The minimum Gasteiger partial charge on any atom is -0.303 e. The normalized spacial score (nSPS) is 12.7. The standard InChI is InChI=1S/C15H21F2N3/c1-3-20(4-2)10-9-19-14(11-18)12-5-7-13(8-6-12)15(16)17/h5-8,14-15,19H,3-4,9-10H2,1-2H3. The summed E-state index contributed by atoms with van der Waals surface area (Å²) in [5.41, 5.74) is 0.699. The summed E-state index contributed by atoms with van der Waals surface area (Å²) in [6.45, 7) is 7.68. The molecule has 1 aromatic carbocycles. The van der Waals surface area contributed by atoms with Crippen LogP contribution in [0.15, 0.2) is 24.3 Å². The predicted octanol–water partition coefficient (Wildman–Crippen LogP) is 3.12. The molecule has 5 heteroatoms. The van der Waals surface area contributed by atoms with Crippen molar-refractivity contribution >= 4 is 0 Å². The first-order valence-electron chi connectivity index (χ1n) is 6.85. The van der Waals surface area contributed by atoms with Crippen LogP contribution in [0.5, 0.6) is 0 Å². The summed E-state index contributed by atoms with van der Waals surface area (Å²) < 4.78 is 24.9. The third-order valence-corrected chi connectivity index (χ3v) is 3.32. The molecule has 20 heavy (non-hydrogen) atoms. The molecule has 0 aromatic heterocycles. The zero-order chi connectivity index (χ0) is 15.0. The van der Waals surface area contributed by atoms with Crippen LogP contribution in [0.3, 0.4) is 0 Å². The Morgan fingerprint density at radius 1 is 1.15 bits per heavy atom. The van der Waals surface area contributed by atoms with Crippen molar-refractivity contribution in [3.8, 4) is 6.07 Å². The highest BCUT2D eigenvalue weighted by Gasteiger charge is 2.12. The monoisotopic (exact) mass is 281 g/mol. The van der Waals surface area contributed by atoms with Gasteiger partial charge in [-0.2, -0.15) is 5.26 Å². The molecule has 0 radical (unpaired) electrons. The van der Waals surface area contributed by atoms with Crippen LogP contribution in [0.25, 0.3) is 0 Å². The van der Waals surface area contributed by atoms with Gasteiger partial charge in [-0.15, -0.1) is 0 Å². The molecule has 3 nitrogen and oxygen atoms in total. The number of hydrogen-bond acceptors (Lipinski definition) is 3. The van der Waals surface area contributed by atoms with E-state index in [-0.39, 0.29) is 5.56 Å². The lowest BCUT2D eigenvalue weighted by atomic mass is 10.1. The second-order valence-corrected chi connectivity index (χ2v) is 4.51. The fourth-order valence-electron chi connectivity index (χ4n) is 1.98. The SMILES string of the molecule is CCN(CC)CCNC(C#N)c1ccc(C(F)F)cc1. The maximum atomic E-state index is 12.5. The number of nitrogens with zero attached hydrogens (tertiary/aromatic N) is 2. The minimum absolute atomic E-state index is 0.0198. The molecule has 0 aliphatic heterocycles. The van der Waals surface area contributed by atoms with Crippen molar-refractivity contribution in [3.05, 3.63) is 35.4 Å². The quantitative estimate of drug-likeness (QED) is 0.795. The molecule has 0 spiro atoms. The van der Waals surface area contributed by atoms with Gasteiger partial charge in [0.1, 0.15) is 6.04 Å².